The Kier molecular flexibility index (Phi) is 7.33. The summed E-state index contributed by atoms with van der Waals surface area (Å²) in [5.41, 5.74) is 1.05. The summed E-state index contributed by atoms with van der Waals surface area (Å²) in [5, 5.41) is 0. The number of rotatable bonds is 8. The highest BCUT2D eigenvalue weighted by atomic mass is 79.9. The van der Waals surface area contributed by atoms with Crippen LogP contribution in [0, 0.1) is 0 Å². The molecule has 0 amide bonds. The molecule has 0 saturated carbocycles. The van der Waals surface area contributed by atoms with Crippen molar-refractivity contribution in [2.75, 3.05) is 33.5 Å². The maximum atomic E-state index is 5.43. The van der Waals surface area contributed by atoms with Gasteiger partial charge < -0.3 is 14.2 Å². The molecule has 1 rings (SSSR count). The molecule has 0 N–H and O–H groups in total. The second-order valence-electron chi connectivity index (χ2n) is 3.17. The Balaban J connectivity index is 2.03. The lowest BCUT2D eigenvalue weighted by Crippen LogP contribution is -2.08. The first kappa shape index (κ1) is 13.6. The van der Waals surface area contributed by atoms with Crippen LogP contribution in [-0.2, 0) is 20.8 Å². The smallest absolute Gasteiger partial charge is 0.0733 e. The number of halogens is 1. The van der Waals surface area contributed by atoms with Gasteiger partial charge in [0.25, 0.3) is 0 Å². The van der Waals surface area contributed by atoms with Crippen molar-refractivity contribution >= 4 is 15.9 Å². The SMILES string of the molecule is COCCOCCOCc1cncc(Br)c1. The lowest BCUT2D eigenvalue weighted by molar-refractivity contribution is 0.0199. The molecule has 4 nitrogen and oxygen atoms in total. The van der Waals surface area contributed by atoms with E-state index in [1.165, 1.54) is 0 Å². The average Bonchev–Trinajstić information content (AvgIpc) is 2.28. The number of ether oxygens (including phenoxy) is 3. The Morgan fingerprint density at radius 1 is 1.12 bits per heavy atom. The van der Waals surface area contributed by atoms with E-state index in [4.69, 9.17) is 14.2 Å². The summed E-state index contributed by atoms with van der Waals surface area (Å²) in [6, 6.07) is 1.98. The van der Waals surface area contributed by atoms with Gasteiger partial charge in [-0.25, -0.2) is 0 Å². The molecule has 90 valence electrons. The van der Waals surface area contributed by atoms with E-state index in [-0.39, 0.29) is 0 Å². The Morgan fingerprint density at radius 2 is 1.88 bits per heavy atom. The zero-order chi connectivity index (χ0) is 11.6. The summed E-state index contributed by atoms with van der Waals surface area (Å²) in [5.74, 6) is 0. The fourth-order valence-corrected chi connectivity index (χ4v) is 1.50. The first-order chi connectivity index (χ1) is 7.83. The summed E-state index contributed by atoms with van der Waals surface area (Å²) in [7, 11) is 1.65. The van der Waals surface area contributed by atoms with Crippen molar-refractivity contribution in [2.24, 2.45) is 0 Å². The molecule has 0 atom stereocenters. The van der Waals surface area contributed by atoms with E-state index >= 15 is 0 Å². The number of nitrogens with zero attached hydrogens (tertiary/aromatic N) is 1. The first-order valence-electron chi connectivity index (χ1n) is 5.07. The van der Waals surface area contributed by atoms with Gasteiger partial charge in [0.1, 0.15) is 0 Å². The molecule has 0 aliphatic carbocycles. The van der Waals surface area contributed by atoms with E-state index in [0.29, 0.717) is 33.0 Å². The van der Waals surface area contributed by atoms with Crippen LogP contribution >= 0.6 is 15.9 Å². The predicted molar refractivity (Wildman–Crippen MR) is 64.3 cm³/mol. The lowest BCUT2D eigenvalue weighted by Gasteiger charge is -2.05. The topological polar surface area (TPSA) is 40.6 Å². The maximum absolute atomic E-state index is 5.43. The fraction of sp³-hybridized carbons (Fsp3) is 0.545. The molecule has 5 heteroatoms. The minimum absolute atomic E-state index is 0.556. The summed E-state index contributed by atoms with van der Waals surface area (Å²) in [6.07, 6.45) is 3.54. The van der Waals surface area contributed by atoms with Gasteiger partial charge in [0.15, 0.2) is 0 Å². The third-order valence-electron chi connectivity index (χ3n) is 1.83. The molecule has 0 fully saturated rings. The second-order valence-corrected chi connectivity index (χ2v) is 4.08. The van der Waals surface area contributed by atoms with Crippen molar-refractivity contribution in [3.05, 3.63) is 28.5 Å². The summed E-state index contributed by atoms with van der Waals surface area (Å²) in [4.78, 5) is 4.05. The van der Waals surface area contributed by atoms with Gasteiger partial charge in [-0.15, -0.1) is 0 Å². The molecule has 0 aromatic carbocycles. The van der Waals surface area contributed by atoms with E-state index < -0.39 is 0 Å². The van der Waals surface area contributed by atoms with E-state index in [1.54, 1.807) is 19.5 Å². The summed E-state index contributed by atoms with van der Waals surface area (Å²) >= 11 is 3.36. The molecule has 0 radical (unpaired) electrons. The number of pyridine rings is 1. The third-order valence-corrected chi connectivity index (χ3v) is 2.27. The van der Waals surface area contributed by atoms with Crippen LogP contribution in [0.5, 0.6) is 0 Å². The maximum Gasteiger partial charge on any atom is 0.0733 e. The predicted octanol–water partition coefficient (Wildman–Crippen LogP) is 2.02. The van der Waals surface area contributed by atoms with Crippen LogP contribution < -0.4 is 0 Å². The number of hydrogen-bond donors (Lipinski definition) is 0. The Hall–Kier alpha value is -0.490. The van der Waals surface area contributed by atoms with Crippen LogP contribution in [0.15, 0.2) is 22.9 Å². The molecule has 0 bridgehead atoms. The highest BCUT2D eigenvalue weighted by Crippen LogP contribution is 2.10. The van der Waals surface area contributed by atoms with Gasteiger partial charge in [-0.05, 0) is 27.6 Å². The molecule has 0 spiro atoms. The molecule has 0 aliphatic heterocycles. The molecule has 0 unspecified atom stereocenters. The van der Waals surface area contributed by atoms with E-state index in [9.17, 15) is 0 Å². The lowest BCUT2D eigenvalue weighted by atomic mass is 10.3. The van der Waals surface area contributed by atoms with Crippen LogP contribution in [0.1, 0.15) is 5.56 Å². The largest absolute Gasteiger partial charge is 0.382 e. The van der Waals surface area contributed by atoms with Crippen LogP contribution in [0.2, 0.25) is 0 Å². The Morgan fingerprint density at radius 3 is 2.62 bits per heavy atom. The van der Waals surface area contributed by atoms with Crippen molar-refractivity contribution in [1.29, 1.82) is 0 Å². The minimum atomic E-state index is 0.556. The third kappa shape index (κ3) is 6.17. The zero-order valence-corrected chi connectivity index (χ0v) is 10.9. The van der Waals surface area contributed by atoms with E-state index in [0.717, 1.165) is 10.0 Å². The van der Waals surface area contributed by atoms with Crippen LogP contribution in [0.25, 0.3) is 0 Å². The number of methoxy groups -OCH3 is 1. The van der Waals surface area contributed by atoms with Crippen molar-refractivity contribution in [2.45, 2.75) is 6.61 Å². The quantitative estimate of drug-likeness (QED) is 0.687. The number of aromatic nitrogens is 1. The Bertz CT molecular complexity index is 296. The first-order valence-corrected chi connectivity index (χ1v) is 5.86. The normalized spacial score (nSPS) is 10.6. The molecule has 1 aromatic rings. The van der Waals surface area contributed by atoms with Gasteiger partial charge in [-0.1, -0.05) is 0 Å². The van der Waals surface area contributed by atoms with Crippen LogP contribution in [-0.4, -0.2) is 38.5 Å². The Labute approximate surface area is 104 Å². The molecule has 1 heterocycles. The van der Waals surface area contributed by atoms with Gasteiger partial charge in [-0.2, -0.15) is 0 Å². The van der Waals surface area contributed by atoms with E-state index in [2.05, 4.69) is 20.9 Å². The fourth-order valence-electron chi connectivity index (χ4n) is 1.09. The van der Waals surface area contributed by atoms with Crippen LogP contribution in [0.4, 0.5) is 0 Å². The highest BCUT2D eigenvalue weighted by Gasteiger charge is 1.95. The average molecular weight is 290 g/mol. The number of hydrogen-bond acceptors (Lipinski definition) is 4. The zero-order valence-electron chi connectivity index (χ0n) is 9.32. The molecular weight excluding hydrogens is 274 g/mol. The molecule has 0 aliphatic rings. The monoisotopic (exact) mass is 289 g/mol. The van der Waals surface area contributed by atoms with Gasteiger partial charge >= 0.3 is 0 Å². The van der Waals surface area contributed by atoms with Crippen molar-refractivity contribution in [1.82, 2.24) is 4.98 Å². The van der Waals surface area contributed by atoms with Gasteiger partial charge in [0, 0.05) is 24.0 Å². The van der Waals surface area contributed by atoms with Crippen molar-refractivity contribution < 1.29 is 14.2 Å². The molecule has 1 aromatic heterocycles. The van der Waals surface area contributed by atoms with Crippen LogP contribution in [0.3, 0.4) is 0 Å². The highest BCUT2D eigenvalue weighted by molar-refractivity contribution is 9.10. The van der Waals surface area contributed by atoms with Crippen molar-refractivity contribution in [3.8, 4) is 0 Å². The molecule has 16 heavy (non-hydrogen) atoms. The summed E-state index contributed by atoms with van der Waals surface area (Å²) in [6.45, 7) is 2.95. The van der Waals surface area contributed by atoms with E-state index in [1.807, 2.05) is 6.07 Å². The van der Waals surface area contributed by atoms with Gasteiger partial charge in [-0.3, -0.25) is 4.98 Å². The molecular formula is C11H16BrNO3. The van der Waals surface area contributed by atoms with Gasteiger partial charge in [0.2, 0.25) is 0 Å². The van der Waals surface area contributed by atoms with Gasteiger partial charge in [0.05, 0.1) is 33.0 Å². The second kappa shape index (κ2) is 8.64. The molecule has 0 saturated heterocycles. The standard InChI is InChI=1S/C11H16BrNO3/c1-14-2-3-15-4-5-16-9-10-6-11(12)8-13-7-10/h6-8H,2-5,9H2,1H3. The minimum Gasteiger partial charge on any atom is -0.382 e. The van der Waals surface area contributed by atoms with Crippen molar-refractivity contribution in [3.63, 3.8) is 0 Å². The summed E-state index contributed by atoms with van der Waals surface area (Å²) < 4.78 is 16.5.